The lowest BCUT2D eigenvalue weighted by molar-refractivity contribution is 0.153. The highest BCUT2D eigenvalue weighted by Gasteiger charge is 2.38. The smallest absolute Gasteiger partial charge is 0.120 e. The maximum atomic E-state index is 10.1. The molecule has 0 spiro atoms. The van der Waals surface area contributed by atoms with Gasteiger partial charge in [-0.3, -0.25) is 4.90 Å². The first-order chi connectivity index (χ1) is 8.75. The van der Waals surface area contributed by atoms with Gasteiger partial charge in [-0.15, -0.1) is 24.8 Å². The molecule has 1 heterocycles. The summed E-state index contributed by atoms with van der Waals surface area (Å²) in [6.07, 6.45) is 2.58. The van der Waals surface area contributed by atoms with Crippen molar-refractivity contribution in [1.82, 2.24) is 10.2 Å². The molecule has 0 radical (unpaired) electrons. The molecule has 1 saturated heterocycles. The molecule has 1 aromatic carbocycles. The number of hydrogen-bond acceptors (Lipinski definition) is 3. The fourth-order valence-electron chi connectivity index (χ4n) is 2.88. The molecule has 2 aliphatic rings. The number of nitrogens with zero attached hydrogens (tertiary/aromatic N) is 1. The van der Waals surface area contributed by atoms with Crippen molar-refractivity contribution in [3.8, 4) is 5.75 Å². The Balaban J connectivity index is 0.000001000. The topological polar surface area (TPSA) is 35.5 Å². The average Bonchev–Trinajstić information content (AvgIpc) is 3.20. The summed E-state index contributed by atoms with van der Waals surface area (Å²) in [5, 5.41) is 13.5. The number of hydrogen-bond donors (Lipinski definition) is 2. The van der Waals surface area contributed by atoms with Crippen molar-refractivity contribution in [2.24, 2.45) is 5.92 Å². The summed E-state index contributed by atoms with van der Waals surface area (Å²) in [5.41, 5.74) is 1.09. The van der Waals surface area contributed by atoms with Crippen LogP contribution in [0.5, 0.6) is 5.75 Å². The molecule has 1 saturated carbocycles. The molecule has 2 N–H and O–H groups in total. The van der Waals surface area contributed by atoms with Gasteiger partial charge in [0, 0.05) is 42.3 Å². The lowest BCUT2D eigenvalue weighted by Gasteiger charge is -2.35. The van der Waals surface area contributed by atoms with Crippen molar-refractivity contribution in [3.63, 3.8) is 0 Å². The van der Waals surface area contributed by atoms with E-state index in [1.54, 1.807) is 6.07 Å². The maximum absolute atomic E-state index is 10.1. The van der Waals surface area contributed by atoms with E-state index in [1.165, 1.54) is 12.8 Å². The van der Waals surface area contributed by atoms with E-state index in [1.807, 2.05) is 6.07 Å². The van der Waals surface area contributed by atoms with E-state index in [0.29, 0.717) is 11.8 Å². The van der Waals surface area contributed by atoms with Crippen LogP contribution >= 0.6 is 40.7 Å². The van der Waals surface area contributed by atoms with Crippen molar-refractivity contribution in [2.75, 3.05) is 26.2 Å². The molecule has 1 aromatic rings. The minimum Gasteiger partial charge on any atom is -0.508 e. The van der Waals surface area contributed by atoms with E-state index in [-0.39, 0.29) is 24.8 Å². The van der Waals surface area contributed by atoms with Gasteiger partial charge in [0.25, 0.3) is 0 Å². The molecule has 1 atom stereocenters. The molecule has 0 aromatic heterocycles. The lowest BCUT2D eigenvalue weighted by Crippen LogP contribution is -2.45. The van der Waals surface area contributed by atoms with Gasteiger partial charge in [-0.25, -0.2) is 0 Å². The summed E-state index contributed by atoms with van der Waals surface area (Å²) < 4.78 is 1.05. The third-order valence-corrected chi connectivity index (χ3v) is 4.41. The van der Waals surface area contributed by atoms with E-state index in [9.17, 15) is 5.11 Å². The van der Waals surface area contributed by atoms with Crippen LogP contribution < -0.4 is 5.32 Å². The van der Waals surface area contributed by atoms with Gasteiger partial charge in [-0.1, -0.05) is 15.9 Å². The van der Waals surface area contributed by atoms with Crippen LogP contribution in [0, 0.1) is 5.92 Å². The van der Waals surface area contributed by atoms with E-state index < -0.39 is 0 Å². The molecular formula is C14H21BrCl2N2O. The summed E-state index contributed by atoms with van der Waals surface area (Å²) >= 11 is 3.52. The standard InChI is InChI=1S/C14H19BrN2O.2ClH/c15-11-3-4-13(18)12(9-11)14(10-1-2-10)17-7-5-16-6-8-17;;/h3-4,9-10,14,16,18H,1-2,5-8H2;2*1H/t14-;;/m1../s1. The van der Waals surface area contributed by atoms with Crippen molar-refractivity contribution < 1.29 is 5.11 Å². The van der Waals surface area contributed by atoms with Crippen molar-refractivity contribution in [2.45, 2.75) is 18.9 Å². The molecule has 0 unspecified atom stereocenters. The number of halogens is 3. The Bertz CT molecular complexity index is 437. The lowest BCUT2D eigenvalue weighted by atomic mass is 9.99. The predicted molar refractivity (Wildman–Crippen MR) is 90.2 cm³/mol. The number of phenolic OH excluding ortho intramolecular Hbond substituents is 1. The van der Waals surface area contributed by atoms with Crippen LogP contribution in [0.15, 0.2) is 22.7 Å². The normalized spacial score (nSPS) is 20.6. The molecule has 1 aliphatic carbocycles. The summed E-state index contributed by atoms with van der Waals surface area (Å²) in [5.74, 6) is 1.16. The first-order valence-corrected chi connectivity index (χ1v) is 7.48. The van der Waals surface area contributed by atoms with Gasteiger partial charge >= 0.3 is 0 Å². The summed E-state index contributed by atoms with van der Waals surface area (Å²) in [7, 11) is 0. The first kappa shape index (κ1) is 18.1. The number of piperazine rings is 1. The van der Waals surface area contributed by atoms with Crippen LogP contribution in [0.2, 0.25) is 0 Å². The van der Waals surface area contributed by atoms with Gasteiger partial charge in [-0.05, 0) is 37.0 Å². The van der Waals surface area contributed by atoms with Crippen molar-refractivity contribution >= 4 is 40.7 Å². The fourth-order valence-corrected chi connectivity index (χ4v) is 3.26. The minimum absolute atomic E-state index is 0. The number of rotatable bonds is 3. The molecule has 20 heavy (non-hydrogen) atoms. The minimum atomic E-state index is 0. The quantitative estimate of drug-likeness (QED) is 0.839. The molecular weight excluding hydrogens is 363 g/mol. The van der Waals surface area contributed by atoms with Crippen molar-refractivity contribution in [3.05, 3.63) is 28.2 Å². The first-order valence-electron chi connectivity index (χ1n) is 6.69. The largest absolute Gasteiger partial charge is 0.508 e. The average molecular weight is 384 g/mol. The predicted octanol–water partition coefficient (Wildman–Crippen LogP) is 3.35. The molecule has 6 heteroatoms. The SMILES string of the molecule is Cl.Cl.Oc1ccc(Br)cc1[C@@H](C1CC1)N1CCNCC1. The van der Waals surface area contributed by atoms with Crippen LogP contribution in [0.3, 0.4) is 0 Å². The van der Waals surface area contributed by atoms with Crippen LogP contribution in [0.4, 0.5) is 0 Å². The zero-order chi connectivity index (χ0) is 12.5. The Morgan fingerprint density at radius 3 is 2.45 bits per heavy atom. The van der Waals surface area contributed by atoms with E-state index >= 15 is 0 Å². The highest BCUT2D eigenvalue weighted by atomic mass is 79.9. The van der Waals surface area contributed by atoms with Crippen LogP contribution in [0.25, 0.3) is 0 Å². The van der Waals surface area contributed by atoms with Crippen molar-refractivity contribution in [1.29, 1.82) is 0 Å². The van der Waals surface area contributed by atoms with Gasteiger partial charge in [0.05, 0.1) is 0 Å². The Kier molecular flexibility index (Phi) is 7.09. The molecule has 3 rings (SSSR count). The third kappa shape index (κ3) is 4.01. The van der Waals surface area contributed by atoms with Gasteiger partial charge in [-0.2, -0.15) is 0 Å². The van der Waals surface area contributed by atoms with E-state index in [2.05, 4.69) is 32.2 Å². The second-order valence-corrected chi connectivity index (χ2v) is 6.19. The van der Waals surface area contributed by atoms with Crippen LogP contribution in [0.1, 0.15) is 24.4 Å². The van der Waals surface area contributed by atoms with E-state index in [0.717, 1.165) is 42.1 Å². The number of phenols is 1. The maximum Gasteiger partial charge on any atom is 0.120 e. The van der Waals surface area contributed by atoms with Crippen LogP contribution in [-0.2, 0) is 0 Å². The fraction of sp³-hybridized carbons (Fsp3) is 0.571. The Morgan fingerprint density at radius 1 is 1.20 bits per heavy atom. The second kappa shape index (κ2) is 7.85. The monoisotopic (exact) mass is 382 g/mol. The highest BCUT2D eigenvalue weighted by molar-refractivity contribution is 9.10. The zero-order valence-electron chi connectivity index (χ0n) is 11.2. The summed E-state index contributed by atoms with van der Waals surface area (Å²) in [4.78, 5) is 2.52. The highest BCUT2D eigenvalue weighted by Crippen LogP contribution is 2.47. The van der Waals surface area contributed by atoms with Crippen LogP contribution in [-0.4, -0.2) is 36.2 Å². The molecule has 0 amide bonds. The molecule has 2 fully saturated rings. The van der Waals surface area contributed by atoms with Gasteiger partial charge < -0.3 is 10.4 Å². The number of benzene rings is 1. The Labute approximate surface area is 141 Å². The van der Waals surface area contributed by atoms with Gasteiger partial charge in [0.1, 0.15) is 5.75 Å². The number of nitrogens with one attached hydrogen (secondary N) is 1. The van der Waals surface area contributed by atoms with E-state index in [4.69, 9.17) is 0 Å². The summed E-state index contributed by atoms with van der Waals surface area (Å²) in [6.45, 7) is 4.26. The zero-order valence-corrected chi connectivity index (χ0v) is 14.4. The second-order valence-electron chi connectivity index (χ2n) is 5.27. The summed E-state index contributed by atoms with van der Waals surface area (Å²) in [6, 6.07) is 6.18. The molecule has 3 nitrogen and oxygen atoms in total. The Hall–Kier alpha value is -0.0000000000000000971. The molecule has 1 aliphatic heterocycles. The molecule has 114 valence electrons. The third-order valence-electron chi connectivity index (χ3n) is 3.92. The van der Waals surface area contributed by atoms with Gasteiger partial charge in [0.2, 0.25) is 0 Å². The van der Waals surface area contributed by atoms with Gasteiger partial charge in [0.15, 0.2) is 0 Å². The Morgan fingerprint density at radius 2 is 1.85 bits per heavy atom. The number of aromatic hydroxyl groups is 1. The molecule has 0 bridgehead atoms.